The molecular formula is C27H24O6S. The Labute approximate surface area is 201 Å². The SMILES string of the molecule is COc1cc(OC)c(-c2cc3ccccc3s2)cc1C(=O)C=Cc1cc(OC)c(O)c(OC)c1. The Morgan fingerprint density at radius 3 is 2.09 bits per heavy atom. The molecule has 6 nitrogen and oxygen atoms in total. The van der Waals surface area contributed by atoms with Crippen molar-refractivity contribution in [3.63, 3.8) is 0 Å². The largest absolute Gasteiger partial charge is 0.502 e. The molecule has 0 amide bonds. The predicted molar refractivity (Wildman–Crippen MR) is 135 cm³/mol. The molecule has 0 spiro atoms. The third-order valence-corrected chi connectivity index (χ3v) is 6.56. The average molecular weight is 477 g/mol. The third kappa shape index (κ3) is 4.43. The van der Waals surface area contributed by atoms with Gasteiger partial charge in [0.05, 0.1) is 34.0 Å². The van der Waals surface area contributed by atoms with Crippen LogP contribution in [0, 0.1) is 0 Å². The van der Waals surface area contributed by atoms with Gasteiger partial charge in [-0.05, 0) is 47.4 Å². The topological polar surface area (TPSA) is 74.2 Å². The minimum atomic E-state index is -0.243. The van der Waals surface area contributed by atoms with E-state index in [0.29, 0.717) is 22.6 Å². The van der Waals surface area contributed by atoms with Crippen molar-refractivity contribution in [1.29, 1.82) is 0 Å². The molecule has 4 rings (SSSR count). The third-order valence-electron chi connectivity index (χ3n) is 5.41. The summed E-state index contributed by atoms with van der Waals surface area (Å²) in [7, 11) is 6.01. The fourth-order valence-corrected chi connectivity index (χ4v) is 4.75. The summed E-state index contributed by atoms with van der Waals surface area (Å²) in [5.41, 5.74) is 1.86. The van der Waals surface area contributed by atoms with Crippen LogP contribution in [0.2, 0.25) is 0 Å². The van der Waals surface area contributed by atoms with Gasteiger partial charge in [-0.1, -0.05) is 24.3 Å². The molecule has 0 radical (unpaired) electrons. The van der Waals surface area contributed by atoms with Crippen LogP contribution in [0.5, 0.6) is 28.7 Å². The van der Waals surface area contributed by atoms with Crippen molar-refractivity contribution in [2.45, 2.75) is 0 Å². The van der Waals surface area contributed by atoms with Crippen molar-refractivity contribution >= 4 is 33.3 Å². The Hall–Kier alpha value is -3.97. The van der Waals surface area contributed by atoms with Gasteiger partial charge in [0.15, 0.2) is 17.3 Å². The summed E-state index contributed by atoms with van der Waals surface area (Å²) in [5, 5.41) is 11.2. The number of fused-ring (bicyclic) bond motifs is 1. The van der Waals surface area contributed by atoms with Crippen molar-refractivity contribution in [3.8, 4) is 39.2 Å². The molecule has 0 saturated carbocycles. The molecule has 1 N–H and O–H groups in total. The summed E-state index contributed by atoms with van der Waals surface area (Å²) >= 11 is 1.63. The molecule has 1 aromatic heterocycles. The van der Waals surface area contributed by atoms with Crippen molar-refractivity contribution in [2.75, 3.05) is 28.4 Å². The average Bonchev–Trinajstić information content (AvgIpc) is 3.31. The highest BCUT2D eigenvalue weighted by Crippen LogP contribution is 2.42. The van der Waals surface area contributed by atoms with Crippen molar-refractivity contribution in [3.05, 3.63) is 71.8 Å². The predicted octanol–water partition coefficient (Wildman–Crippen LogP) is 6.20. The van der Waals surface area contributed by atoms with Gasteiger partial charge in [-0.25, -0.2) is 0 Å². The molecule has 7 heteroatoms. The van der Waals surface area contributed by atoms with E-state index < -0.39 is 0 Å². The van der Waals surface area contributed by atoms with Crippen LogP contribution in [-0.4, -0.2) is 39.3 Å². The second kappa shape index (κ2) is 9.89. The van der Waals surface area contributed by atoms with Crippen molar-refractivity contribution in [1.82, 2.24) is 0 Å². The first-order valence-electron chi connectivity index (χ1n) is 10.4. The lowest BCUT2D eigenvalue weighted by Crippen LogP contribution is -2.01. The number of phenols is 1. The maximum atomic E-state index is 13.2. The Morgan fingerprint density at radius 2 is 1.47 bits per heavy atom. The molecule has 3 aromatic carbocycles. The van der Waals surface area contributed by atoms with E-state index >= 15 is 0 Å². The maximum Gasteiger partial charge on any atom is 0.200 e. The second-order valence-corrected chi connectivity index (χ2v) is 8.46. The first-order valence-corrected chi connectivity index (χ1v) is 11.2. The van der Waals surface area contributed by atoms with Gasteiger partial charge in [0.1, 0.15) is 11.5 Å². The maximum absolute atomic E-state index is 13.2. The summed E-state index contributed by atoms with van der Waals surface area (Å²) in [6.07, 6.45) is 3.08. The van der Waals surface area contributed by atoms with E-state index in [2.05, 4.69) is 18.2 Å². The van der Waals surface area contributed by atoms with E-state index in [1.54, 1.807) is 48.8 Å². The molecule has 0 unspecified atom stereocenters. The highest BCUT2D eigenvalue weighted by Gasteiger charge is 2.18. The fraction of sp³-hybridized carbons (Fsp3) is 0.148. The van der Waals surface area contributed by atoms with Gasteiger partial charge in [-0.2, -0.15) is 0 Å². The highest BCUT2D eigenvalue weighted by molar-refractivity contribution is 7.22. The van der Waals surface area contributed by atoms with Crippen LogP contribution in [0.25, 0.3) is 26.6 Å². The van der Waals surface area contributed by atoms with Gasteiger partial charge in [-0.3, -0.25) is 4.79 Å². The number of methoxy groups -OCH3 is 4. The summed E-state index contributed by atoms with van der Waals surface area (Å²) in [6, 6.07) is 17.0. The molecule has 0 fully saturated rings. The zero-order valence-electron chi connectivity index (χ0n) is 19.2. The van der Waals surface area contributed by atoms with Crippen LogP contribution in [0.1, 0.15) is 15.9 Å². The number of thiophene rings is 1. The summed E-state index contributed by atoms with van der Waals surface area (Å²) in [6.45, 7) is 0. The smallest absolute Gasteiger partial charge is 0.200 e. The van der Waals surface area contributed by atoms with Crippen molar-refractivity contribution < 1.29 is 28.8 Å². The zero-order chi connectivity index (χ0) is 24.2. The Morgan fingerprint density at radius 1 is 0.824 bits per heavy atom. The number of aromatic hydroxyl groups is 1. The number of ketones is 1. The van der Waals surface area contributed by atoms with E-state index in [1.807, 2.05) is 12.1 Å². The minimum absolute atomic E-state index is 0.0988. The van der Waals surface area contributed by atoms with Crippen LogP contribution in [0.3, 0.4) is 0 Å². The molecule has 0 atom stereocenters. The zero-order valence-corrected chi connectivity index (χ0v) is 20.1. The molecule has 0 aliphatic rings. The van der Waals surface area contributed by atoms with E-state index in [-0.39, 0.29) is 23.0 Å². The Balaban J connectivity index is 1.75. The van der Waals surface area contributed by atoms with Gasteiger partial charge < -0.3 is 24.1 Å². The van der Waals surface area contributed by atoms with Crippen molar-refractivity contribution in [2.24, 2.45) is 0 Å². The van der Waals surface area contributed by atoms with Crippen LogP contribution in [0.4, 0.5) is 0 Å². The van der Waals surface area contributed by atoms with E-state index in [4.69, 9.17) is 18.9 Å². The first-order chi connectivity index (χ1) is 16.5. The lowest BCUT2D eigenvalue weighted by Gasteiger charge is -2.13. The molecule has 0 aliphatic heterocycles. The molecule has 34 heavy (non-hydrogen) atoms. The van der Waals surface area contributed by atoms with Crippen LogP contribution in [0.15, 0.2) is 60.7 Å². The highest BCUT2D eigenvalue weighted by atomic mass is 32.1. The second-order valence-electron chi connectivity index (χ2n) is 7.37. The van der Waals surface area contributed by atoms with E-state index in [9.17, 15) is 9.90 Å². The summed E-state index contributed by atoms with van der Waals surface area (Å²) < 4.78 is 22.6. The van der Waals surface area contributed by atoms with Gasteiger partial charge in [0.25, 0.3) is 0 Å². The van der Waals surface area contributed by atoms with Crippen LogP contribution in [-0.2, 0) is 0 Å². The number of ether oxygens (including phenoxy) is 4. The Bertz CT molecular complexity index is 1330. The quantitative estimate of drug-likeness (QED) is 0.241. The molecule has 0 bridgehead atoms. The number of carbonyl (C=O) groups is 1. The number of hydrogen-bond acceptors (Lipinski definition) is 7. The lowest BCUT2D eigenvalue weighted by atomic mass is 10.0. The number of rotatable bonds is 8. The van der Waals surface area contributed by atoms with Gasteiger partial charge in [0, 0.05) is 21.2 Å². The standard InChI is InChI=1S/C27H24O6S/c1-30-21-15-22(31-2)19(26-13-17-7-5-6-8-25(17)34-26)14-18(21)20(28)10-9-16-11-23(32-3)27(29)24(12-16)33-4/h5-15,29H,1-4H3. The van der Waals surface area contributed by atoms with E-state index in [0.717, 1.165) is 20.5 Å². The number of hydrogen-bond donors (Lipinski definition) is 1. The molecule has 0 saturated heterocycles. The van der Waals surface area contributed by atoms with Gasteiger partial charge >= 0.3 is 0 Å². The summed E-state index contributed by atoms with van der Waals surface area (Å²) in [4.78, 5) is 14.2. The van der Waals surface area contributed by atoms with Crippen LogP contribution >= 0.6 is 11.3 Å². The summed E-state index contributed by atoms with van der Waals surface area (Å²) in [5.74, 6) is 1.20. The number of carbonyl (C=O) groups excluding carboxylic acids is 1. The molecule has 4 aromatic rings. The van der Waals surface area contributed by atoms with Crippen LogP contribution < -0.4 is 18.9 Å². The molecule has 174 valence electrons. The van der Waals surface area contributed by atoms with Gasteiger partial charge in [-0.15, -0.1) is 11.3 Å². The lowest BCUT2D eigenvalue weighted by molar-refractivity contribution is 0.104. The molecule has 0 aliphatic carbocycles. The molecular weight excluding hydrogens is 452 g/mol. The molecule has 1 heterocycles. The number of benzene rings is 3. The van der Waals surface area contributed by atoms with E-state index in [1.165, 1.54) is 27.4 Å². The van der Waals surface area contributed by atoms with Gasteiger partial charge in [0.2, 0.25) is 5.75 Å². The Kier molecular flexibility index (Phi) is 6.75. The number of phenolic OH excluding ortho intramolecular Hbond substituents is 1. The monoisotopic (exact) mass is 476 g/mol. The normalized spacial score (nSPS) is 11.1. The number of allylic oxidation sites excluding steroid dienone is 1. The first kappa shape index (κ1) is 23.2. The fourth-order valence-electron chi connectivity index (χ4n) is 3.67. The minimum Gasteiger partial charge on any atom is -0.502 e.